The summed E-state index contributed by atoms with van der Waals surface area (Å²) in [5.74, 6) is 1.68. The van der Waals surface area contributed by atoms with Crippen LogP contribution >= 0.6 is 20.3 Å². The van der Waals surface area contributed by atoms with Gasteiger partial charge in [-0.15, -0.1) is 0 Å². The van der Waals surface area contributed by atoms with Crippen molar-refractivity contribution in [2.45, 2.75) is 26.1 Å². The van der Waals surface area contributed by atoms with Gasteiger partial charge in [-0.05, 0) is 37.4 Å². The molecule has 0 spiro atoms. The molecule has 162 valence electrons. The molecule has 31 heavy (non-hydrogen) atoms. The minimum Gasteiger partial charge on any atom is -0.349 e. The van der Waals surface area contributed by atoms with E-state index in [2.05, 4.69) is 25.1 Å². The van der Waals surface area contributed by atoms with Gasteiger partial charge in [0.2, 0.25) is 0 Å². The summed E-state index contributed by atoms with van der Waals surface area (Å²) in [5, 5.41) is 8.98. The SMILES string of the molecule is CC1=CC=C(n2ncnc2C(C)N(C)c2ncnc3c(C(F)(F)F)cc(Cl)cc23)NP1. The molecule has 0 aliphatic carbocycles. The van der Waals surface area contributed by atoms with E-state index in [0.29, 0.717) is 20.4 Å². The van der Waals surface area contributed by atoms with Crippen molar-refractivity contribution in [3.8, 4) is 0 Å². The molecule has 2 unspecified atom stereocenters. The third-order valence-corrected chi connectivity index (χ3v) is 6.12. The molecule has 3 aromatic rings. The van der Waals surface area contributed by atoms with Gasteiger partial charge in [-0.3, -0.25) is 0 Å². The largest absolute Gasteiger partial charge is 0.418 e. The van der Waals surface area contributed by atoms with Gasteiger partial charge in [0, 0.05) is 26.2 Å². The summed E-state index contributed by atoms with van der Waals surface area (Å²) in [6, 6.07) is 1.94. The predicted octanol–water partition coefficient (Wildman–Crippen LogP) is 4.99. The number of alkyl halides is 3. The molecule has 1 aliphatic heterocycles. The number of anilines is 1. The van der Waals surface area contributed by atoms with Gasteiger partial charge in [-0.25, -0.2) is 15.0 Å². The second-order valence-corrected chi connectivity index (χ2v) is 8.74. The number of halogens is 4. The van der Waals surface area contributed by atoms with E-state index >= 15 is 0 Å². The lowest BCUT2D eigenvalue weighted by Crippen LogP contribution is -2.27. The number of allylic oxidation sites excluding steroid dienone is 3. The fourth-order valence-electron chi connectivity index (χ4n) is 3.27. The highest BCUT2D eigenvalue weighted by Gasteiger charge is 2.35. The maximum atomic E-state index is 13.5. The van der Waals surface area contributed by atoms with Crippen LogP contribution < -0.4 is 9.99 Å². The zero-order chi connectivity index (χ0) is 22.3. The molecule has 4 rings (SSSR count). The van der Waals surface area contributed by atoms with Crippen LogP contribution in [0.25, 0.3) is 16.7 Å². The van der Waals surface area contributed by atoms with Crippen LogP contribution in [-0.2, 0) is 6.18 Å². The molecule has 1 N–H and O–H groups in total. The van der Waals surface area contributed by atoms with Gasteiger partial charge in [-0.1, -0.05) is 17.7 Å². The summed E-state index contributed by atoms with van der Waals surface area (Å²) in [5.41, 5.74) is -1.11. The van der Waals surface area contributed by atoms with Crippen LogP contribution in [-0.4, -0.2) is 31.8 Å². The number of hydrogen-bond acceptors (Lipinski definition) is 6. The average molecular weight is 468 g/mol. The molecule has 0 bridgehead atoms. The Hall–Kier alpha value is -2.71. The summed E-state index contributed by atoms with van der Waals surface area (Å²) in [6.07, 6.45) is 1.88. The highest BCUT2D eigenvalue weighted by atomic mass is 35.5. The standard InChI is InChI=1S/C19H18ClF3N7P/c1-10-4-5-15(28-31-10)30-17(26-9-27-30)11(2)29(3)18-13-6-12(20)7-14(19(21,22)23)16(13)24-8-25-18/h4-9,11,28,31H,1-3H3. The van der Waals surface area contributed by atoms with Crippen LogP contribution in [0, 0.1) is 0 Å². The topological polar surface area (TPSA) is 71.8 Å². The van der Waals surface area contributed by atoms with E-state index in [4.69, 9.17) is 11.6 Å². The molecule has 2 aromatic heterocycles. The third kappa shape index (κ3) is 4.09. The molecule has 0 radical (unpaired) electrons. The van der Waals surface area contributed by atoms with Crippen LogP contribution in [0.15, 0.2) is 42.3 Å². The van der Waals surface area contributed by atoms with Crippen molar-refractivity contribution in [3.63, 3.8) is 0 Å². The van der Waals surface area contributed by atoms with Gasteiger partial charge in [0.1, 0.15) is 24.3 Å². The summed E-state index contributed by atoms with van der Waals surface area (Å²) in [4.78, 5) is 14.2. The van der Waals surface area contributed by atoms with E-state index in [1.165, 1.54) is 17.7 Å². The van der Waals surface area contributed by atoms with E-state index in [0.717, 1.165) is 18.2 Å². The fourth-order valence-corrected chi connectivity index (χ4v) is 4.17. The van der Waals surface area contributed by atoms with Crippen LogP contribution in [0.2, 0.25) is 5.02 Å². The number of rotatable bonds is 4. The van der Waals surface area contributed by atoms with E-state index in [1.807, 2.05) is 26.0 Å². The molecule has 0 fully saturated rings. The maximum Gasteiger partial charge on any atom is 0.418 e. The minimum atomic E-state index is -4.59. The van der Waals surface area contributed by atoms with Gasteiger partial charge in [0.25, 0.3) is 0 Å². The Morgan fingerprint density at radius 1 is 1.16 bits per heavy atom. The Bertz CT molecular complexity index is 1200. The molecule has 0 amide bonds. The average Bonchev–Trinajstić information content (AvgIpc) is 3.21. The highest BCUT2D eigenvalue weighted by molar-refractivity contribution is 7.41. The Morgan fingerprint density at radius 3 is 2.61 bits per heavy atom. The van der Waals surface area contributed by atoms with Crippen LogP contribution in [0.5, 0.6) is 0 Å². The molecular weight excluding hydrogens is 450 g/mol. The van der Waals surface area contributed by atoms with Gasteiger partial charge >= 0.3 is 6.18 Å². The smallest absolute Gasteiger partial charge is 0.349 e. The Balaban J connectivity index is 1.77. The Morgan fingerprint density at radius 2 is 1.94 bits per heavy atom. The van der Waals surface area contributed by atoms with Crippen molar-refractivity contribution in [3.05, 3.63) is 58.7 Å². The van der Waals surface area contributed by atoms with Gasteiger partial charge in [0.15, 0.2) is 5.82 Å². The van der Waals surface area contributed by atoms with Crippen LogP contribution in [0.3, 0.4) is 0 Å². The number of hydrogen-bond donors (Lipinski definition) is 1. The van der Waals surface area contributed by atoms with Crippen molar-refractivity contribution < 1.29 is 13.2 Å². The van der Waals surface area contributed by atoms with Crippen molar-refractivity contribution in [1.82, 2.24) is 29.8 Å². The maximum absolute atomic E-state index is 13.5. The monoisotopic (exact) mass is 467 g/mol. The van der Waals surface area contributed by atoms with Crippen LogP contribution in [0.1, 0.15) is 31.3 Å². The lowest BCUT2D eigenvalue weighted by molar-refractivity contribution is -0.136. The number of fused-ring (bicyclic) bond motifs is 1. The normalized spacial score (nSPS) is 16.1. The fraction of sp³-hybridized carbons (Fsp3) is 0.263. The first-order chi connectivity index (χ1) is 14.7. The van der Waals surface area contributed by atoms with Crippen molar-refractivity contribution >= 4 is 42.9 Å². The van der Waals surface area contributed by atoms with E-state index in [9.17, 15) is 13.2 Å². The summed E-state index contributed by atoms with van der Waals surface area (Å²) >= 11 is 6.00. The van der Waals surface area contributed by atoms with Gasteiger partial charge < -0.3 is 9.99 Å². The number of nitrogens with zero attached hydrogens (tertiary/aromatic N) is 6. The number of benzene rings is 1. The molecule has 12 heteroatoms. The lowest BCUT2D eigenvalue weighted by atomic mass is 10.1. The van der Waals surface area contributed by atoms with E-state index in [1.54, 1.807) is 16.6 Å². The summed E-state index contributed by atoms with van der Waals surface area (Å²) < 4.78 is 42.3. The summed E-state index contributed by atoms with van der Waals surface area (Å²) in [7, 11) is 2.16. The third-order valence-electron chi connectivity index (χ3n) is 4.96. The first-order valence-electron chi connectivity index (χ1n) is 9.22. The van der Waals surface area contributed by atoms with E-state index < -0.39 is 11.7 Å². The van der Waals surface area contributed by atoms with E-state index in [-0.39, 0.29) is 22.0 Å². The first kappa shape index (κ1) is 21.5. The molecule has 0 saturated heterocycles. The molecular formula is C19H18ClF3N7P. The Labute approximate surface area is 182 Å². The van der Waals surface area contributed by atoms with Crippen molar-refractivity contribution in [2.75, 3.05) is 11.9 Å². The molecule has 3 heterocycles. The second kappa shape index (κ2) is 8.09. The Kier molecular flexibility index (Phi) is 5.61. The zero-order valence-corrected chi connectivity index (χ0v) is 18.5. The first-order valence-corrected chi connectivity index (χ1v) is 10.6. The highest BCUT2D eigenvalue weighted by Crippen LogP contribution is 2.39. The molecule has 7 nitrogen and oxygen atoms in total. The zero-order valence-electron chi connectivity index (χ0n) is 16.7. The predicted molar refractivity (Wildman–Crippen MR) is 116 cm³/mol. The molecule has 2 atom stereocenters. The molecule has 1 aliphatic rings. The second-order valence-electron chi connectivity index (χ2n) is 7.01. The molecule has 0 saturated carbocycles. The number of aromatic nitrogens is 5. The van der Waals surface area contributed by atoms with Crippen LogP contribution in [0.4, 0.5) is 19.0 Å². The summed E-state index contributed by atoms with van der Waals surface area (Å²) in [6.45, 7) is 3.90. The quantitative estimate of drug-likeness (QED) is 0.545. The number of nitrogens with one attached hydrogen (secondary N) is 1. The molecule has 1 aromatic carbocycles. The van der Waals surface area contributed by atoms with Gasteiger partial charge in [0.05, 0.1) is 17.1 Å². The van der Waals surface area contributed by atoms with Gasteiger partial charge in [-0.2, -0.15) is 23.0 Å². The minimum absolute atomic E-state index is 0.0418. The van der Waals surface area contributed by atoms with Crippen molar-refractivity contribution in [2.24, 2.45) is 0 Å². The lowest BCUT2D eigenvalue weighted by Gasteiger charge is -2.27. The van der Waals surface area contributed by atoms with Crippen molar-refractivity contribution in [1.29, 1.82) is 0 Å².